The van der Waals surface area contributed by atoms with E-state index >= 15 is 0 Å². The van der Waals surface area contributed by atoms with E-state index in [1.165, 1.54) is 23.5 Å². The second-order valence-corrected chi connectivity index (χ2v) is 6.07. The smallest absolute Gasteiger partial charge is 0.229 e. The molecule has 0 radical (unpaired) electrons. The fourth-order valence-electron chi connectivity index (χ4n) is 2.11. The van der Waals surface area contributed by atoms with Crippen LogP contribution < -0.4 is 10.1 Å². The molecule has 0 bridgehead atoms. The van der Waals surface area contributed by atoms with Gasteiger partial charge in [-0.25, -0.2) is 9.37 Å². The maximum Gasteiger partial charge on any atom is 0.229 e. The van der Waals surface area contributed by atoms with Crippen molar-refractivity contribution in [1.29, 1.82) is 0 Å². The Morgan fingerprint density at radius 1 is 1.30 bits per heavy atom. The van der Waals surface area contributed by atoms with Crippen molar-refractivity contribution in [2.24, 2.45) is 0 Å². The number of carbonyl (C=O) groups is 1. The molecule has 1 amide bonds. The molecule has 1 aromatic heterocycles. The molecule has 0 saturated heterocycles. The fraction of sp³-hybridized carbons (Fsp3) is 0.176. The van der Waals surface area contributed by atoms with Gasteiger partial charge in [0.1, 0.15) is 11.6 Å². The topological polar surface area (TPSA) is 51.2 Å². The number of aryl methyl sites for hydroxylation is 1. The molecule has 0 unspecified atom stereocenters. The maximum atomic E-state index is 13.1. The summed E-state index contributed by atoms with van der Waals surface area (Å²) < 4.78 is 19.4. The molecule has 3 aromatic rings. The van der Waals surface area contributed by atoms with Gasteiger partial charge in [-0.2, -0.15) is 0 Å². The standard InChI is InChI=1S/C17H15FN2O2S/c1-11-4-2-3-5-14(11)22-9-8-16(21)20-17-19-13-7-6-12(18)10-15(13)23-17/h2-7,10H,8-9H2,1H3,(H,19,20,21). The number of amides is 1. The Morgan fingerprint density at radius 2 is 2.13 bits per heavy atom. The van der Waals surface area contributed by atoms with Gasteiger partial charge in [0, 0.05) is 0 Å². The Balaban J connectivity index is 1.55. The summed E-state index contributed by atoms with van der Waals surface area (Å²) in [6.07, 6.45) is 0.221. The van der Waals surface area contributed by atoms with Crippen LogP contribution in [0.5, 0.6) is 5.75 Å². The summed E-state index contributed by atoms with van der Waals surface area (Å²) in [6.45, 7) is 2.24. The van der Waals surface area contributed by atoms with Crippen LogP contribution in [-0.4, -0.2) is 17.5 Å². The van der Waals surface area contributed by atoms with E-state index in [1.54, 1.807) is 6.07 Å². The van der Waals surface area contributed by atoms with Crippen molar-refractivity contribution in [1.82, 2.24) is 4.98 Å². The average molecular weight is 330 g/mol. The van der Waals surface area contributed by atoms with E-state index in [2.05, 4.69) is 10.3 Å². The quantitative estimate of drug-likeness (QED) is 0.764. The number of para-hydroxylation sites is 1. The van der Waals surface area contributed by atoms with E-state index in [9.17, 15) is 9.18 Å². The minimum Gasteiger partial charge on any atom is -0.493 e. The highest BCUT2D eigenvalue weighted by Gasteiger charge is 2.09. The minimum atomic E-state index is -0.314. The van der Waals surface area contributed by atoms with E-state index in [0.717, 1.165) is 11.3 Å². The zero-order valence-corrected chi connectivity index (χ0v) is 13.3. The maximum absolute atomic E-state index is 13.1. The van der Waals surface area contributed by atoms with Crippen LogP contribution in [0.4, 0.5) is 9.52 Å². The van der Waals surface area contributed by atoms with Crippen molar-refractivity contribution in [2.75, 3.05) is 11.9 Å². The number of anilines is 1. The van der Waals surface area contributed by atoms with Crippen LogP contribution in [0.15, 0.2) is 42.5 Å². The molecule has 118 valence electrons. The van der Waals surface area contributed by atoms with Crippen LogP contribution in [0, 0.1) is 12.7 Å². The van der Waals surface area contributed by atoms with Crippen LogP contribution >= 0.6 is 11.3 Å². The van der Waals surface area contributed by atoms with E-state index in [4.69, 9.17) is 4.74 Å². The number of thiazole rings is 1. The Hall–Kier alpha value is -2.47. The zero-order valence-electron chi connectivity index (χ0n) is 12.5. The Morgan fingerprint density at radius 3 is 2.96 bits per heavy atom. The number of carbonyl (C=O) groups excluding carboxylic acids is 1. The number of nitrogens with zero attached hydrogens (tertiary/aromatic N) is 1. The number of rotatable bonds is 5. The van der Waals surface area contributed by atoms with E-state index in [-0.39, 0.29) is 24.8 Å². The third kappa shape index (κ3) is 3.84. The number of benzene rings is 2. The van der Waals surface area contributed by atoms with Gasteiger partial charge in [-0.15, -0.1) is 0 Å². The van der Waals surface area contributed by atoms with Gasteiger partial charge < -0.3 is 10.1 Å². The van der Waals surface area contributed by atoms with Crippen LogP contribution in [0.3, 0.4) is 0 Å². The number of nitrogens with one attached hydrogen (secondary N) is 1. The van der Waals surface area contributed by atoms with Crippen LogP contribution in [0.1, 0.15) is 12.0 Å². The summed E-state index contributed by atoms with van der Waals surface area (Å²) in [7, 11) is 0. The molecule has 1 N–H and O–H groups in total. The molecule has 0 atom stereocenters. The van der Waals surface area contributed by atoms with Crippen LogP contribution in [0.2, 0.25) is 0 Å². The molecule has 0 aliphatic rings. The first-order chi connectivity index (χ1) is 11.1. The minimum absolute atomic E-state index is 0.182. The first-order valence-electron chi connectivity index (χ1n) is 7.16. The normalized spacial score (nSPS) is 10.7. The third-order valence-electron chi connectivity index (χ3n) is 3.28. The predicted octanol–water partition coefficient (Wildman–Crippen LogP) is 4.15. The SMILES string of the molecule is Cc1ccccc1OCCC(=O)Nc1nc2ccc(F)cc2s1. The lowest BCUT2D eigenvalue weighted by Gasteiger charge is -2.08. The van der Waals surface area contributed by atoms with E-state index in [1.807, 2.05) is 31.2 Å². The first-order valence-corrected chi connectivity index (χ1v) is 7.98. The van der Waals surface area contributed by atoms with Gasteiger partial charge in [0.25, 0.3) is 0 Å². The molecule has 2 aromatic carbocycles. The summed E-state index contributed by atoms with van der Waals surface area (Å²) in [6, 6.07) is 12.0. The van der Waals surface area contributed by atoms with Crippen molar-refractivity contribution >= 4 is 32.6 Å². The van der Waals surface area contributed by atoms with Gasteiger partial charge in [-0.05, 0) is 36.8 Å². The Bertz CT molecular complexity index is 847. The van der Waals surface area contributed by atoms with Crippen molar-refractivity contribution in [3.8, 4) is 5.75 Å². The van der Waals surface area contributed by atoms with Gasteiger partial charge in [0.2, 0.25) is 5.91 Å². The Labute approximate surface area is 136 Å². The van der Waals surface area contributed by atoms with Crippen molar-refractivity contribution < 1.29 is 13.9 Å². The van der Waals surface area contributed by atoms with Gasteiger partial charge in [0.15, 0.2) is 5.13 Å². The predicted molar refractivity (Wildman–Crippen MR) is 89.5 cm³/mol. The summed E-state index contributed by atoms with van der Waals surface area (Å²) in [5.74, 6) is 0.277. The van der Waals surface area contributed by atoms with Gasteiger partial charge >= 0.3 is 0 Å². The van der Waals surface area contributed by atoms with Crippen LogP contribution in [0.25, 0.3) is 10.2 Å². The molecule has 0 aliphatic carbocycles. The molecule has 3 rings (SSSR count). The summed E-state index contributed by atoms with van der Waals surface area (Å²) in [4.78, 5) is 16.2. The summed E-state index contributed by atoms with van der Waals surface area (Å²) >= 11 is 1.25. The zero-order chi connectivity index (χ0) is 16.2. The molecule has 6 heteroatoms. The van der Waals surface area contributed by atoms with Gasteiger partial charge in [-0.3, -0.25) is 4.79 Å². The summed E-state index contributed by atoms with van der Waals surface area (Å²) in [5, 5.41) is 3.18. The number of hydrogen-bond donors (Lipinski definition) is 1. The molecular weight excluding hydrogens is 315 g/mol. The number of hydrogen-bond acceptors (Lipinski definition) is 4. The number of ether oxygens (including phenoxy) is 1. The molecule has 0 saturated carbocycles. The average Bonchev–Trinajstić information content (AvgIpc) is 2.90. The highest BCUT2D eigenvalue weighted by atomic mass is 32.1. The monoisotopic (exact) mass is 330 g/mol. The van der Waals surface area contributed by atoms with Crippen molar-refractivity contribution in [2.45, 2.75) is 13.3 Å². The van der Waals surface area contributed by atoms with Crippen molar-refractivity contribution in [3.05, 3.63) is 53.8 Å². The first kappa shape index (κ1) is 15.4. The molecule has 23 heavy (non-hydrogen) atoms. The molecule has 1 heterocycles. The lowest BCUT2D eigenvalue weighted by atomic mass is 10.2. The number of aromatic nitrogens is 1. The van der Waals surface area contributed by atoms with Crippen molar-refractivity contribution in [3.63, 3.8) is 0 Å². The number of fused-ring (bicyclic) bond motifs is 1. The molecule has 0 fully saturated rings. The largest absolute Gasteiger partial charge is 0.493 e. The third-order valence-corrected chi connectivity index (χ3v) is 4.21. The van der Waals surface area contributed by atoms with Crippen LogP contribution in [-0.2, 0) is 4.79 Å². The molecule has 0 spiro atoms. The second-order valence-electron chi connectivity index (χ2n) is 5.04. The van der Waals surface area contributed by atoms with E-state index < -0.39 is 0 Å². The number of halogens is 1. The Kier molecular flexibility index (Phi) is 4.52. The fourth-order valence-corrected chi connectivity index (χ4v) is 3.01. The molecular formula is C17H15FN2O2S. The lowest BCUT2D eigenvalue weighted by Crippen LogP contribution is -2.15. The lowest BCUT2D eigenvalue weighted by molar-refractivity contribution is -0.116. The highest BCUT2D eigenvalue weighted by Crippen LogP contribution is 2.26. The highest BCUT2D eigenvalue weighted by molar-refractivity contribution is 7.22. The molecule has 4 nitrogen and oxygen atoms in total. The van der Waals surface area contributed by atoms with Gasteiger partial charge in [0.05, 0.1) is 23.2 Å². The van der Waals surface area contributed by atoms with E-state index in [0.29, 0.717) is 15.3 Å². The molecule has 0 aliphatic heterocycles. The summed E-state index contributed by atoms with van der Waals surface area (Å²) in [5.41, 5.74) is 1.70. The second kappa shape index (κ2) is 6.75. The van der Waals surface area contributed by atoms with Gasteiger partial charge in [-0.1, -0.05) is 29.5 Å².